The molecule has 0 spiro atoms. The molecule has 2 aromatic rings. The Morgan fingerprint density at radius 2 is 1.86 bits per heavy atom. The fourth-order valence-corrected chi connectivity index (χ4v) is 2.45. The third-order valence-corrected chi connectivity index (χ3v) is 4.26. The average molecular weight is 352 g/mol. The monoisotopic (exact) mass is 351 g/mol. The first-order chi connectivity index (χ1) is 9.91. The van der Waals surface area contributed by atoms with Crippen LogP contribution in [0.5, 0.6) is 5.75 Å². The van der Waals surface area contributed by atoms with E-state index in [-0.39, 0.29) is 27.7 Å². The van der Waals surface area contributed by atoms with Gasteiger partial charge >= 0.3 is 0 Å². The Labute approximate surface area is 131 Å². The van der Waals surface area contributed by atoms with Gasteiger partial charge in [-0.05, 0) is 52.7 Å². The Morgan fingerprint density at radius 1 is 1.24 bits per heavy atom. The van der Waals surface area contributed by atoms with Crippen LogP contribution in [0.15, 0.2) is 46.9 Å². The van der Waals surface area contributed by atoms with Crippen LogP contribution in [0.2, 0.25) is 0 Å². The topological polar surface area (TPSA) is 40.5 Å². The predicted molar refractivity (Wildman–Crippen MR) is 82.7 cm³/mol. The van der Waals surface area contributed by atoms with Crippen LogP contribution in [0.1, 0.15) is 28.9 Å². The molecule has 1 N–H and O–H groups in total. The van der Waals surface area contributed by atoms with Crippen molar-refractivity contribution in [1.82, 2.24) is 4.90 Å². The zero-order chi connectivity index (χ0) is 15.6. The summed E-state index contributed by atoms with van der Waals surface area (Å²) in [5.41, 5.74) is 1.17. The second-order valence-electron chi connectivity index (χ2n) is 4.78. The number of benzene rings is 2. The highest BCUT2D eigenvalue weighted by molar-refractivity contribution is 9.10. The van der Waals surface area contributed by atoms with E-state index < -0.39 is 5.82 Å². The van der Waals surface area contributed by atoms with Crippen molar-refractivity contribution in [1.29, 1.82) is 0 Å². The van der Waals surface area contributed by atoms with E-state index in [9.17, 15) is 14.3 Å². The Bertz CT molecular complexity index is 658. The number of nitrogens with zero attached hydrogens (tertiary/aromatic N) is 1. The smallest absolute Gasteiger partial charge is 0.255 e. The molecule has 2 rings (SSSR count). The van der Waals surface area contributed by atoms with Crippen LogP contribution in [0.3, 0.4) is 0 Å². The number of hydrogen-bond acceptors (Lipinski definition) is 2. The summed E-state index contributed by atoms with van der Waals surface area (Å²) in [5.74, 6) is -0.568. The summed E-state index contributed by atoms with van der Waals surface area (Å²) >= 11 is 3.11. The van der Waals surface area contributed by atoms with Crippen LogP contribution in [-0.2, 0) is 0 Å². The lowest BCUT2D eigenvalue weighted by atomic mass is 10.1. The molecule has 0 radical (unpaired) electrons. The van der Waals surface area contributed by atoms with Gasteiger partial charge in [0.15, 0.2) is 0 Å². The number of halogens is 2. The molecule has 1 atom stereocenters. The SMILES string of the molecule is CC(c1ccc(O)cc1)N(C)C(=O)c1cccc(F)c1Br. The molecule has 0 fully saturated rings. The molecule has 0 bridgehead atoms. The van der Waals surface area contributed by atoms with Crippen molar-refractivity contribution in [3.05, 3.63) is 63.9 Å². The van der Waals surface area contributed by atoms with Crippen molar-refractivity contribution < 1.29 is 14.3 Å². The third-order valence-electron chi connectivity index (χ3n) is 3.46. The van der Waals surface area contributed by atoms with Gasteiger partial charge in [-0.3, -0.25) is 4.79 Å². The van der Waals surface area contributed by atoms with E-state index in [4.69, 9.17) is 0 Å². The first-order valence-electron chi connectivity index (χ1n) is 6.42. The standard InChI is InChI=1S/C16H15BrFNO2/c1-10(11-6-8-12(20)9-7-11)19(2)16(21)13-4-3-5-14(18)15(13)17/h3-10,20H,1-2H3. The van der Waals surface area contributed by atoms with Crippen LogP contribution in [0.4, 0.5) is 4.39 Å². The molecule has 21 heavy (non-hydrogen) atoms. The van der Waals surface area contributed by atoms with E-state index in [1.54, 1.807) is 37.4 Å². The van der Waals surface area contributed by atoms with E-state index in [1.165, 1.54) is 17.0 Å². The van der Waals surface area contributed by atoms with Gasteiger partial charge in [-0.25, -0.2) is 4.39 Å². The Morgan fingerprint density at radius 3 is 2.48 bits per heavy atom. The summed E-state index contributed by atoms with van der Waals surface area (Å²) in [5, 5.41) is 9.30. The van der Waals surface area contributed by atoms with Crippen molar-refractivity contribution in [3.63, 3.8) is 0 Å². The summed E-state index contributed by atoms with van der Waals surface area (Å²) in [4.78, 5) is 14.0. The molecule has 0 saturated heterocycles. The number of amides is 1. The molecule has 0 aliphatic heterocycles. The van der Waals surface area contributed by atoms with Gasteiger partial charge in [0.1, 0.15) is 11.6 Å². The van der Waals surface area contributed by atoms with Gasteiger partial charge < -0.3 is 10.0 Å². The molecule has 5 heteroatoms. The maximum absolute atomic E-state index is 13.5. The fourth-order valence-electron chi connectivity index (χ4n) is 2.01. The van der Waals surface area contributed by atoms with Crippen LogP contribution in [0.25, 0.3) is 0 Å². The maximum atomic E-state index is 13.5. The molecule has 110 valence electrons. The van der Waals surface area contributed by atoms with Crippen molar-refractivity contribution in [3.8, 4) is 5.75 Å². The molecule has 3 nitrogen and oxygen atoms in total. The molecule has 1 unspecified atom stereocenters. The molecular weight excluding hydrogens is 337 g/mol. The lowest BCUT2D eigenvalue weighted by Gasteiger charge is -2.26. The van der Waals surface area contributed by atoms with Gasteiger partial charge in [0.2, 0.25) is 0 Å². The van der Waals surface area contributed by atoms with Gasteiger partial charge in [-0.1, -0.05) is 18.2 Å². The van der Waals surface area contributed by atoms with Crippen molar-refractivity contribution in [2.24, 2.45) is 0 Å². The molecule has 0 heterocycles. The van der Waals surface area contributed by atoms with Gasteiger partial charge in [-0.2, -0.15) is 0 Å². The van der Waals surface area contributed by atoms with Gasteiger partial charge in [0.05, 0.1) is 16.1 Å². The first kappa shape index (κ1) is 15.5. The molecule has 0 aliphatic carbocycles. The van der Waals surface area contributed by atoms with E-state index in [0.29, 0.717) is 0 Å². The largest absolute Gasteiger partial charge is 0.508 e. The highest BCUT2D eigenvalue weighted by Gasteiger charge is 2.21. The molecule has 1 amide bonds. The fraction of sp³-hybridized carbons (Fsp3) is 0.188. The van der Waals surface area contributed by atoms with E-state index in [2.05, 4.69) is 15.9 Å². The number of hydrogen-bond donors (Lipinski definition) is 1. The minimum absolute atomic E-state index is 0.166. The lowest BCUT2D eigenvalue weighted by molar-refractivity contribution is 0.0741. The quantitative estimate of drug-likeness (QED) is 0.903. The summed E-state index contributed by atoms with van der Waals surface area (Å²) in [6.07, 6.45) is 0. The van der Waals surface area contributed by atoms with Crippen LogP contribution in [0, 0.1) is 5.82 Å². The predicted octanol–water partition coefficient (Wildman–Crippen LogP) is 4.13. The minimum Gasteiger partial charge on any atom is -0.508 e. The van der Waals surface area contributed by atoms with E-state index in [1.807, 2.05) is 6.92 Å². The minimum atomic E-state index is -0.466. The summed E-state index contributed by atoms with van der Waals surface area (Å²) in [7, 11) is 1.66. The third kappa shape index (κ3) is 3.24. The van der Waals surface area contributed by atoms with Gasteiger partial charge in [0.25, 0.3) is 5.91 Å². The maximum Gasteiger partial charge on any atom is 0.255 e. The molecule has 0 aromatic heterocycles. The molecule has 0 saturated carbocycles. The van der Waals surface area contributed by atoms with Crippen LogP contribution >= 0.6 is 15.9 Å². The molecular formula is C16H15BrFNO2. The van der Waals surface area contributed by atoms with Crippen LogP contribution in [-0.4, -0.2) is 23.0 Å². The summed E-state index contributed by atoms with van der Waals surface area (Å²) in [6.45, 7) is 1.87. The second kappa shape index (κ2) is 6.26. The normalized spacial score (nSPS) is 12.0. The zero-order valence-electron chi connectivity index (χ0n) is 11.7. The number of carbonyl (C=O) groups is 1. The van der Waals surface area contributed by atoms with Crippen molar-refractivity contribution >= 4 is 21.8 Å². The number of phenols is 1. The number of carbonyl (C=O) groups excluding carboxylic acids is 1. The van der Waals surface area contributed by atoms with Crippen molar-refractivity contribution in [2.45, 2.75) is 13.0 Å². The highest BCUT2D eigenvalue weighted by atomic mass is 79.9. The van der Waals surface area contributed by atoms with Gasteiger partial charge in [0, 0.05) is 7.05 Å². The van der Waals surface area contributed by atoms with Gasteiger partial charge in [-0.15, -0.1) is 0 Å². The number of aromatic hydroxyl groups is 1. The molecule has 0 aliphatic rings. The van der Waals surface area contributed by atoms with Crippen molar-refractivity contribution in [2.75, 3.05) is 7.05 Å². The number of rotatable bonds is 3. The summed E-state index contributed by atoms with van der Waals surface area (Å²) < 4.78 is 13.7. The van der Waals surface area contributed by atoms with E-state index >= 15 is 0 Å². The van der Waals surface area contributed by atoms with E-state index in [0.717, 1.165) is 5.56 Å². The lowest BCUT2D eigenvalue weighted by Crippen LogP contribution is -2.30. The Balaban J connectivity index is 2.26. The summed E-state index contributed by atoms with van der Waals surface area (Å²) in [6, 6.07) is 10.8. The second-order valence-corrected chi connectivity index (χ2v) is 5.58. The highest BCUT2D eigenvalue weighted by Crippen LogP contribution is 2.26. The first-order valence-corrected chi connectivity index (χ1v) is 7.21. The van der Waals surface area contributed by atoms with Crippen LogP contribution < -0.4 is 0 Å². The Kier molecular flexibility index (Phi) is 4.63. The number of phenolic OH excluding ortho intramolecular Hbond substituents is 1. The zero-order valence-corrected chi connectivity index (χ0v) is 13.3. The molecule has 2 aromatic carbocycles. The Hall–Kier alpha value is -1.88. The average Bonchev–Trinajstić information content (AvgIpc) is 2.48.